The number of hydrogen-bond acceptors (Lipinski definition) is 6. The molecule has 3 aromatic rings. The number of aryl methyl sites for hydroxylation is 1. The molecule has 9 heteroatoms. The molecule has 0 unspecified atom stereocenters. The number of ether oxygens (including phenoxy) is 1. The van der Waals surface area contributed by atoms with Crippen molar-refractivity contribution in [2.75, 3.05) is 6.61 Å². The quantitative estimate of drug-likeness (QED) is 0.275. The second-order valence-corrected chi connectivity index (χ2v) is 7.81. The molecule has 0 aliphatic rings. The molecule has 0 saturated carbocycles. The zero-order chi connectivity index (χ0) is 23.3. The van der Waals surface area contributed by atoms with E-state index < -0.39 is 10.8 Å². The highest BCUT2D eigenvalue weighted by molar-refractivity contribution is 6.33. The molecular formula is C23H22ClN3O5. The molecule has 0 atom stereocenters. The minimum atomic E-state index is -0.510. The zero-order valence-corrected chi connectivity index (χ0v) is 18.6. The summed E-state index contributed by atoms with van der Waals surface area (Å²) in [5.41, 5.74) is 4.73. The molecule has 0 radical (unpaired) electrons. The number of non-ortho nitro benzene ring substituents is 1. The summed E-state index contributed by atoms with van der Waals surface area (Å²) in [6.45, 7) is 5.88. The van der Waals surface area contributed by atoms with Gasteiger partial charge >= 0.3 is 0 Å². The van der Waals surface area contributed by atoms with E-state index in [1.807, 2.05) is 25.1 Å². The average Bonchev–Trinajstić information content (AvgIpc) is 3.21. The Kier molecular flexibility index (Phi) is 7.27. The minimum absolute atomic E-state index is 0.0995. The SMILES string of the molecule is Cc1ccc(C(C)C)c(OCC(=O)NN=Cc2ccc(-c3cc([N+](=O)[O-])ccc3Cl)o2)c1. The second-order valence-electron chi connectivity index (χ2n) is 7.40. The van der Waals surface area contributed by atoms with Gasteiger partial charge in [0.25, 0.3) is 11.6 Å². The highest BCUT2D eigenvalue weighted by atomic mass is 35.5. The largest absolute Gasteiger partial charge is 0.483 e. The molecule has 0 fully saturated rings. The van der Waals surface area contributed by atoms with Gasteiger partial charge in [0.1, 0.15) is 17.3 Å². The van der Waals surface area contributed by atoms with Crippen molar-refractivity contribution in [1.29, 1.82) is 0 Å². The molecular weight excluding hydrogens is 434 g/mol. The number of rotatable bonds is 8. The monoisotopic (exact) mass is 455 g/mol. The van der Waals surface area contributed by atoms with Crippen molar-refractivity contribution in [3.8, 4) is 17.1 Å². The number of hydrogen-bond donors (Lipinski definition) is 1. The van der Waals surface area contributed by atoms with Gasteiger partial charge in [0, 0.05) is 17.7 Å². The molecule has 0 bridgehead atoms. The van der Waals surface area contributed by atoms with Crippen molar-refractivity contribution in [3.05, 3.63) is 80.6 Å². The van der Waals surface area contributed by atoms with Gasteiger partial charge in [0.05, 0.1) is 16.2 Å². The summed E-state index contributed by atoms with van der Waals surface area (Å²) in [5, 5.41) is 15.2. The number of nitro benzene ring substituents is 1. The van der Waals surface area contributed by atoms with E-state index in [0.717, 1.165) is 11.1 Å². The van der Waals surface area contributed by atoms with Crippen LogP contribution in [0.2, 0.25) is 5.02 Å². The van der Waals surface area contributed by atoms with Crippen LogP contribution < -0.4 is 10.2 Å². The molecule has 0 saturated heterocycles. The standard InChI is InChI=1S/C23H22ClN3O5/c1-14(2)18-7-4-15(3)10-22(18)31-13-23(28)26-25-12-17-6-9-21(32-17)19-11-16(27(29)30)5-8-20(19)24/h4-12,14H,13H2,1-3H3,(H,26,28). The van der Waals surface area contributed by atoms with Crippen LogP contribution in [0.15, 0.2) is 58.0 Å². The number of carbonyl (C=O) groups excluding carboxylic acids is 1. The Morgan fingerprint density at radius 3 is 2.75 bits per heavy atom. The maximum Gasteiger partial charge on any atom is 0.277 e. The third-order valence-electron chi connectivity index (χ3n) is 4.58. The first kappa shape index (κ1) is 23.0. The topological polar surface area (TPSA) is 107 Å². The first-order valence-corrected chi connectivity index (χ1v) is 10.2. The van der Waals surface area contributed by atoms with E-state index in [0.29, 0.717) is 27.9 Å². The van der Waals surface area contributed by atoms with Crippen molar-refractivity contribution >= 4 is 29.4 Å². The third-order valence-corrected chi connectivity index (χ3v) is 4.91. The van der Waals surface area contributed by atoms with Crippen LogP contribution in [-0.2, 0) is 4.79 Å². The fraction of sp³-hybridized carbons (Fsp3) is 0.217. The van der Waals surface area contributed by atoms with Crippen molar-refractivity contribution < 1.29 is 18.9 Å². The lowest BCUT2D eigenvalue weighted by molar-refractivity contribution is -0.384. The molecule has 166 valence electrons. The molecule has 0 aliphatic carbocycles. The highest BCUT2D eigenvalue weighted by Crippen LogP contribution is 2.32. The van der Waals surface area contributed by atoms with E-state index >= 15 is 0 Å². The summed E-state index contributed by atoms with van der Waals surface area (Å²) in [4.78, 5) is 22.6. The van der Waals surface area contributed by atoms with Crippen LogP contribution in [0, 0.1) is 17.0 Å². The summed E-state index contributed by atoms with van der Waals surface area (Å²) >= 11 is 6.13. The van der Waals surface area contributed by atoms with Gasteiger partial charge in [-0.05, 0) is 48.2 Å². The van der Waals surface area contributed by atoms with Crippen LogP contribution in [0.1, 0.15) is 36.7 Å². The first-order chi connectivity index (χ1) is 15.2. The Morgan fingerprint density at radius 2 is 2.03 bits per heavy atom. The van der Waals surface area contributed by atoms with Crippen molar-refractivity contribution in [2.45, 2.75) is 26.7 Å². The molecule has 1 aromatic heterocycles. The Balaban J connectivity index is 1.60. The van der Waals surface area contributed by atoms with E-state index in [2.05, 4.69) is 24.4 Å². The van der Waals surface area contributed by atoms with Crippen LogP contribution in [0.4, 0.5) is 5.69 Å². The van der Waals surface area contributed by atoms with Crippen molar-refractivity contribution in [1.82, 2.24) is 5.43 Å². The number of halogens is 1. The zero-order valence-electron chi connectivity index (χ0n) is 17.8. The number of nitrogens with zero attached hydrogens (tertiary/aromatic N) is 2. The van der Waals surface area contributed by atoms with Gasteiger partial charge < -0.3 is 9.15 Å². The van der Waals surface area contributed by atoms with E-state index in [1.165, 1.54) is 24.4 Å². The van der Waals surface area contributed by atoms with Gasteiger partial charge in [-0.15, -0.1) is 0 Å². The minimum Gasteiger partial charge on any atom is -0.483 e. The smallest absolute Gasteiger partial charge is 0.277 e. The molecule has 0 spiro atoms. The van der Waals surface area contributed by atoms with E-state index in [1.54, 1.807) is 12.1 Å². The van der Waals surface area contributed by atoms with Crippen LogP contribution in [0.3, 0.4) is 0 Å². The van der Waals surface area contributed by atoms with E-state index in [4.69, 9.17) is 20.8 Å². The molecule has 0 aliphatic heterocycles. The molecule has 1 amide bonds. The van der Waals surface area contributed by atoms with Crippen LogP contribution in [0.25, 0.3) is 11.3 Å². The lowest BCUT2D eigenvalue weighted by Crippen LogP contribution is -2.24. The summed E-state index contributed by atoms with van der Waals surface area (Å²) in [5.74, 6) is 1.19. The van der Waals surface area contributed by atoms with Gasteiger partial charge in [-0.3, -0.25) is 14.9 Å². The number of carbonyl (C=O) groups is 1. The van der Waals surface area contributed by atoms with E-state index in [9.17, 15) is 14.9 Å². The Labute approximate surface area is 190 Å². The summed E-state index contributed by atoms with van der Waals surface area (Å²) in [6, 6.07) is 13.2. The number of furan rings is 1. The number of nitrogens with one attached hydrogen (secondary N) is 1. The molecule has 8 nitrogen and oxygen atoms in total. The van der Waals surface area contributed by atoms with E-state index in [-0.39, 0.29) is 18.2 Å². The summed E-state index contributed by atoms with van der Waals surface area (Å²) in [6.07, 6.45) is 1.32. The predicted octanol–water partition coefficient (Wildman–Crippen LogP) is 5.47. The molecule has 1 N–H and O–H groups in total. The maximum absolute atomic E-state index is 12.1. The third kappa shape index (κ3) is 5.73. The number of hydrazone groups is 1. The Morgan fingerprint density at radius 1 is 1.25 bits per heavy atom. The number of benzene rings is 2. The van der Waals surface area contributed by atoms with Gasteiger partial charge in [-0.1, -0.05) is 37.6 Å². The fourth-order valence-electron chi connectivity index (χ4n) is 2.97. The van der Waals surface area contributed by atoms with Gasteiger partial charge in [0.2, 0.25) is 0 Å². The molecule has 2 aromatic carbocycles. The lowest BCUT2D eigenvalue weighted by Gasteiger charge is -2.14. The number of nitro groups is 1. The van der Waals surface area contributed by atoms with Gasteiger partial charge in [0.15, 0.2) is 6.61 Å². The first-order valence-electron chi connectivity index (χ1n) is 9.84. The van der Waals surface area contributed by atoms with Crippen molar-refractivity contribution in [2.24, 2.45) is 5.10 Å². The highest BCUT2D eigenvalue weighted by Gasteiger charge is 2.14. The second kappa shape index (κ2) is 10.1. The average molecular weight is 456 g/mol. The van der Waals surface area contributed by atoms with Gasteiger partial charge in [-0.2, -0.15) is 5.10 Å². The molecule has 1 heterocycles. The van der Waals surface area contributed by atoms with Crippen molar-refractivity contribution in [3.63, 3.8) is 0 Å². The predicted molar refractivity (Wildman–Crippen MR) is 122 cm³/mol. The number of amides is 1. The van der Waals surface area contributed by atoms with Crippen LogP contribution in [-0.4, -0.2) is 23.7 Å². The van der Waals surface area contributed by atoms with Crippen LogP contribution >= 0.6 is 11.6 Å². The molecule has 32 heavy (non-hydrogen) atoms. The van der Waals surface area contributed by atoms with Crippen LogP contribution in [0.5, 0.6) is 5.75 Å². The van der Waals surface area contributed by atoms with Gasteiger partial charge in [-0.25, -0.2) is 5.43 Å². The maximum atomic E-state index is 12.1. The molecule has 3 rings (SSSR count). The lowest BCUT2D eigenvalue weighted by atomic mass is 10.0. The Bertz CT molecular complexity index is 1170. The summed E-state index contributed by atoms with van der Waals surface area (Å²) in [7, 11) is 0. The Hall–Kier alpha value is -3.65. The normalized spacial score (nSPS) is 11.2. The summed E-state index contributed by atoms with van der Waals surface area (Å²) < 4.78 is 11.3. The fourth-order valence-corrected chi connectivity index (χ4v) is 3.18.